The van der Waals surface area contributed by atoms with Gasteiger partial charge in [-0.15, -0.1) is 11.3 Å². The number of piperidine rings is 1. The molecule has 2 fully saturated rings. The van der Waals surface area contributed by atoms with Crippen LogP contribution in [0.1, 0.15) is 56.4 Å². The van der Waals surface area contributed by atoms with Crippen molar-refractivity contribution in [2.45, 2.75) is 57.9 Å². The molecule has 0 radical (unpaired) electrons. The topological polar surface area (TPSA) is 45.2 Å². The van der Waals surface area contributed by atoms with Gasteiger partial charge in [-0.1, -0.05) is 23.8 Å². The number of nitrogens with one attached hydrogen (secondary N) is 1. The van der Waals surface area contributed by atoms with E-state index >= 15 is 0 Å². The minimum atomic E-state index is 0.257. The Morgan fingerprint density at radius 1 is 1.24 bits per heavy atom. The average Bonchev–Trinajstić information content (AvgIpc) is 3.29. The third kappa shape index (κ3) is 4.26. The second-order valence-corrected chi connectivity index (χ2v) is 10.2. The fourth-order valence-corrected chi connectivity index (χ4v) is 6.22. The molecule has 5 heteroatoms. The number of hydrogen-bond donors (Lipinski definition) is 1. The molecule has 1 spiro atoms. The zero-order chi connectivity index (χ0) is 19.7. The Labute approximate surface area is 177 Å². The summed E-state index contributed by atoms with van der Waals surface area (Å²) in [6, 6.07) is 8.39. The highest BCUT2D eigenvalue weighted by Crippen LogP contribution is 2.59. The van der Waals surface area contributed by atoms with E-state index in [0.717, 1.165) is 57.4 Å². The van der Waals surface area contributed by atoms with Crippen molar-refractivity contribution in [2.75, 3.05) is 19.6 Å². The number of benzene rings is 1. The predicted molar refractivity (Wildman–Crippen MR) is 119 cm³/mol. The standard InChI is InChI=1S/C24H31N3OS/c28-23(25-13-10-18-6-2-1-3-7-18)19-16-24(19)11-14-27(15-12-24)17-22-26-20-8-4-5-9-21(20)29-22/h4-6,8-9,19H,1-3,7,10-17H2,(H,25,28)/t19-/m1/s1. The molecule has 4 nitrogen and oxygen atoms in total. The van der Waals surface area contributed by atoms with Crippen molar-refractivity contribution < 1.29 is 4.79 Å². The largest absolute Gasteiger partial charge is 0.356 e. The first-order chi connectivity index (χ1) is 14.2. The molecule has 1 saturated carbocycles. The summed E-state index contributed by atoms with van der Waals surface area (Å²) in [5.74, 6) is 0.563. The molecule has 2 heterocycles. The van der Waals surface area contributed by atoms with Crippen LogP contribution in [0.15, 0.2) is 35.9 Å². The van der Waals surface area contributed by atoms with Crippen LogP contribution in [-0.4, -0.2) is 35.4 Å². The number of thiazole rings is 1. The monoisotopic (exact) mass is 409 g/mol. The van der Waals surface area contributed by atoms with E-state index < -0.39 is 0 Å². The number of nitrogens with zero attached hydrogens (tertiary/aromatic N) is 2. The van der Waals surface area contributed by atoms with Crippen LogP contribution in [0.2, 0.25) is 0 Å². The van der Waals surface area contributed by atoms with Gasteiger partial charge in [-0.2, -0.15) is 0 Å². The molecule has 1 saturated heterocycles. The molecule has 3 aliphatic rings. The van der Waals surface area contributed by atoms with Gasteiger partial charge < -0.3 is 5.32 Å². The van der Waals surface area contributed by atoms with Crippen molar-refractivity contribution in [2.24, 2.45) is 11.3 Å². The number of likely N-dealkylation sites (tertiary alicyclic amines) is 1. The van der Waals surface area contributed by atoms with Crippen molar-refractivity contribution in [3.05, 3.63) is 40.9 Å². The van der Waals surface area contributed by atoms with Gasteiger partial charge in [0.15, 0.2) is 0 Å². The van der Waals surface area contributed by atoms with Gasteiger partial charge in [0.2, 0.25) is 5.91 Å². The minimum absolute atomic E-state index is 0.257. The first-order valence-electron chi connectivity index (χ1n) is 11.2. The lowest BCUT2D eigenvalue weighted by atomic mass is 9.90. The Kier molecular flexibility index (Phi) is 5.44. The fraction of sp³-hybridized carbons (Fsp3) is 0.583. The number of hydrogen-bond acceptors (Lipinski definition) is 4. The lowest BCUT2D eigenvalue weighted by molar-refractivity contribution is -0.123. The summed E-state index contributed by atoms with van der Waals surface area (Å²) in [6.07, 6.45) is 11.9. The van der Waals surface area contributed by atoms with Crippen LogP contribution in [0.3, 0.4) is 0 Å². The summed E-state index contributed by atoms with van der Waals surface area (Å²) >= 11 is 1.81. The number of carbonyl (C=O) groups excluding carboxylic acids is 1. The minimum Gasteiger partial charge on any atom is -0.356 e. The number of carbonyl (C=O) groups is 1. The second kappa shape index (κ2) is 8.19. The molecule has 1 N–H and O–H groups in total. The van der Waals surface area contributed by atoms with Gasteiger partial charge in [0.05, 0.1) is 16.8 Å². The van der Waals surface area contributed by atoms with Gasteiger partial charge in [0, 0.05) is 12.5 Å². The number of amides is 1. The number of allylic oxidation sites excluding steroid dienone is 1. The quantitative estimate of drug-likeness (QED) is 0.690. The molecule has 0 unspecified atom stereocenters. The molecule has 1 aliphatic heterocycles. The number of rotatable bonds is 6. The van der Waals surface area contributed by atoms with Crippen LogP contribution in [0, 0.1) is 11.3 Å². The molecule has 29 heavy (non-hydrogen) atoms. The van der Waals surface area contributed by atoms with E-state index in [4.69, 9.17) is 4.98 Å². The average molecular weight is 410 g/mol. The first kappa shape index (κ1) is 19.3. The summed E-state index contributed by atoms with van der Waals surface area (Å²) in [6.45, 7) is 3.95. The van der Waals surface area contributed by atoms with Crippen molar-refractivity contribution in [1.82, 2.24) is 15.2 Å². The van der Waals surface area contributed by atoms with Crippen LogP contribution in [0.25, 0.3) is 10.2 Å². The molecular formula is C24H31N3OS. The maximum absolute atomic E-state index is 12.6. The van der Waals surface area contributed by atoms with Gasteiger partial charge in [0.1, 0.15) is 5.01 Å². The van der Waals surface area contributed by atoms with Crippen LogP contribution < -0.4 is 5.32 Å². The Morgan fingerprint density at radius 2 is 2.10 bits per heavy atom. The molecular weight excluding hydrogens is 378 g/mol. The van der Waals surface area contributed by atoms with Gasteiger partial charge in [0.25, 0.3) is 0 Å². The third-order valence-electron chi connectivity index (χ3n) is 7.19. The zero-order valence-electron chi connectivity index (χ0n) is 17.2. The van der Waals surface area contributed by atoms with E-state index in [1.165, 1.54) is 35.4 Å². The smallest absolute Gasteiger partial charge is 0.223 e. The molecule has 1 aromatic heterocycles. The van der Waals surface area contributed by atoms with Gasteiger partial charge in [-0.05, 0) is 82.0 Å². The van der Waals surface area contributed by atoms with Crippen molar-refractivity contribution in [3.63, 3.8) is 0 Å². The highest BCUT2D eigenvalue weighted by Gasteiger charge is 2.58. The van der Waals surface area contributed by atoms with Gasteiger partial charge in [-0.25, -0.2) is 4.98 Å². The molecule has 0 bridgehead atoms. The summed E-state index contributed by atoms with van der Waals surface area (Å²) in [7, 11) is 0. The van der Waals surface area contributed by atoms with E-state index in [9.17, 15) is 4.79 Å². The Hall–Kier alpha value is -1.72. The van der Waals surface area contributed by atoms with Crippen LogP contribution in [-0.2, 0) is 11.3 Å². The second-order valence-electron chi connectivity index (χ2n) is 9.12. The van der Waals surface area contributed by atoms with Crippen molar-refractivity contribution in [1.29, 1.82) is 0 Å². The van der Waals surface area contributed by atoms with E-state index in [-0.39, 0.29) is 11.3 Å². The normalized spacial score (nSPS) is 23.9. The Morgan fingerprint density at radius 3 is 2.90 bits per heavy atom. The molecule has 5 rings (SSSR count). The maximum Gasteiger partial charge on any atom is 0.223 e. The number of fused-ring (bicyclic) bond motifs is 1. The molecule has 1 atom stereocenters. The predicted octanol–water partition coefficient (Wildman–Crippen LogP) is 4.91. The molecule has 2 aliphatic carbocycles. The summed E-state index contributed by atoms with van der Waals surface area (Å²) in [5, 5.41) is 4.44. The van der Waals surface area contributed by atoms with Crippen molar-refractivity contribution in [3.8, 4) is 0 Å². The lowest BCUT2D eigenvalue weighted by Crippen LogP contribution is -2.37. The van der Waals surface area contributed by atoms with Crippen LogP contribution in [0.5, 0.6) is 0 Å². The maximum atomic E-state index is 12.6. The van der Waals surface area contributed by atoms with Crippen molar-refractivity contribution >= 4 is 27.5 Å². The highest BCUT2D eigenvalue weighted by molar-refractivity contribution is 7.18. The SMILES string of the molecule is O=C(NCCC1=CCCCC1)[C@H]1CC12CCN(Cc1nc3ccccc3s1)CC2. The van der Waals surface area contributed by atoms with E-state index in [1.807, 2.05) is 11.3 Å². The molecule has 1 aromatic carbocycles. The Balaban J connectivity index is 1.07. The van der Waals surface area contributed by atoms with E-state index in [2.05, 4.69) is 40.6 Å². The van der Waals surface area contributed by atoms with Crippen LogP contribution in [0.4, 0.5) is 0 Å². The molecule has 2 aromatic rings. The Bertz CT molecular complexity index is 877. The summed E-state index contributed by atoms with van der Waals surface area (Å²) in [5.41, 5.74) is 2.95. The zero-order valence-corrected chi connectivity index (χ0v) is 18.0. The van der Waals surface area contributed by atoms with Crippen LogP contribution >= 0.6 is 11.3 Å². The summed E-state index contributed by atoms with van der Waals surface area (Å²) in [4.78, 5) is 19.9. The fourth-order valence-electron chi connectivity index (χ4n) is 5.21. The van der Waals surface area contributed by atoms with E-state index in [0.29, 0.717) is 5.91 Å². The molecule has 154 valence electrons. The third-order valence-corrected chi connectivity index (χ3v) is 8.21. The number of para-hydroxylation sites is 1. The van der Waals surface area contributed by atoms with Gasteiger partial charge in [-0.3, -0.25) is 9.69 Å². The first-order valence-corrected chi connectivity index (χ1v) is 12.1. The lowest BCUT2D eigenvalue weighted by Gasteiger charge is -2.32. The number of aromatic nitrogens is 1. The summed E-state index contributed by atoms with van der Waals surface area (Å²) < 4.78 is 1.28. The highest BCUT2D eigenvalue weighted by atomic mass is 32.1. The van der Waals surface area contributed by atoms with E-state index in [1.54, 1.807) is 5.57 Å². The molecule has 1 amide bonds. The van der Waals surface area contributed by atoms with Gasteiger partial charge >= 0.3 is 0 Å².